The lowest BCUT2D eigenvalue weighted by atomic mass is 9.93. The van der Waals surface area contributed by atoms with Gasteiger partial charge in [-0.15, -0.1) is 0 Å². The van der Waals surface area contributed by atoms with Crippen molar-refractivity contribution in [2.24, 2.45) is 5.92 Å². The minimum Gasteiger partial charge on any atom is -0.481 e. The highest BCUT2D eigenvalue weighted by Gasteiger charge is 2.17. The first-order valence-electron chi connectivity index (χ1n) is 11.6. The van der Waals surface area contributed by atoms with Gasteiger partial charge in [-0.2, -0.15) is 0 Å². The number of rotatable bonds is 19. The van der Waals surface area contributed by atoms with Gasteiger partial charge < -0.3 is 5.11 Å². The maximum absolute atomic E-state index is 11.5. The normalized spacial score (nSPS) is 12.2. The van der Waals surface area contributed by atoms with E-state index in [9.17, 15) is 15.0 Å². The Morgan fingerprint density at radius 1 is 0.679 bits per heavy atom. The Balaban J connectivity index is 1.90. The average Bonchev–Trinajstić information content (AvgIpc) is 2.70. The molecule has 0 aromatic heterocycles. The lowest BCUT2D eigenvalue weighted by Gasteiger charge is -2.12. The van der Waals surface area contributed by atoms with Crippen molar-refractivity contribution in [2.75, 3.05) is 6.61 Å². The van der Waals surface area contributed by atoms with Crippen LogP contribution in [0.25, 0.3) is 0 Å². The molecule has 0 aliphatic heterocycles. The van der Waals surface area contributed by atoms with Crippen LogP contribution in [-0.2, 0) is 16.3 Å². The zero-order chi connectivity index (χ0) is 20.3. The number of hydrogen-bond acceptors (Lipinski definition) is 1. The van der Waals surface area contributed by atoms with E-state index >= 15 is 0 Å². The number of carbonyl (C=O) groups is 1. The van der Waals surface area contributed by atoms with Crippen molar-refractivity contribution in [3.63, 3.8) is 0 Å². The highest BCUT2D eigenvalue weighted by atomic mass is 16.4. The van der Waals surface area contributed by atoms with E-state index in [0.29, 0.717) is 6.42 Å². The number of carboxylic acid groups (broad SMARTS) is 1. The minimum absolute atomic E-state index is 0.0911. The molecule has 1 radical (unpaired) electrons. The van der Waals surface area contributed by atoms with E-state index < -0.39 is 5.97 Å². The summed E-state index contributed by atoms with van der Waals surface area (Å²) in [6.45, 7) is 0.0911. The molecule has 159 valence electrons. The Bertz CT molecular complexity index is 472. The Morgan fingerprint density at radius 3 is 1.54 bits per heavy atom. The van der Waals surface area contributed by atoms with Gasteiger partial charge >= 0.3 is 5.97 Å². The van der Waals surface area contributed by atoms with Crippen LogP contribution in [0.1, 0.15) is 102 Å². The van der Waals surface area contributed by atoms with Crippen molar-refractivity contribution in [1.29, 1.82) is 0 Å². The molecule has 0 saturated heterocycles. The number of unbranched alkanes of at least 4 members (excludes halogenated alkanes) is 13. The lowest BCUT2D eigenvalue weighted by molar-refractivity contribution is -0.142. The van der Waals surface area contributed by atoms with Crippen LogP contribution in [0.2, 0.25) is 0 Å². The van der Waals surface area contributed by atoms with Crippen molar-refractivity contribution in [3.05, 3.63) is 35.9 Å². The fourth-order valence-corrected chi connectivity index (χ4v) is 3.83. The average molecular weight is 390 g/mol. The van der Waals surface area contributed by atoms with Crippen LogP contribution < -0.4 is 0 Å². The number of carboxylic acids is 1. The fraction of sp³-hybridized carbons (Fsp3) is 0.720. The number of aliphatic carboxylic acids is 1. The van der Waals surface area contributed by atoms with Gasteiger partial charge in [0.05, 0.1) is 12.5 Å². The van der Waals surface area contributed by atoms with Gasteiger partial charge in [0.1, 0.15) is 0 Å². The van der Waals surface area contributed by atoms with E-state index in [1.807, 2.05) is 30.3 Å². The Morgan fingerprint density at radius 2 is 1.11 bits per heavy atom. The van der Waals surface area contributed by atoms with Gasteiger partial charge in [-0.25, -0.2) is 5.11 Å². The van der Waals surface area contributed by atoms with Crippen molar-refractivity contribution < 1.29 is 15.0 Å². The Labute approximate surface area is 172 Å². The van der Waals surface area contributed by atoms with Crippen LogP contribution in [-0.4, -0.2) is 17.7 Å². The SMILES string of the molecule is [O]CCCCCCCCCCCCCCCCC(Cc1ccccc1)C(=O)O. The molecule has 0 bridgehead atoms. The van der Waals surface area contributed by atoms with E-state index in [0.717, 1.165) is 37.7 Å². The molecule has 1 aromatic rings. The van der Waals surface area contributed by atoms with Gasteiger partial charge in [-0.3, -0.25) is 4.79 Å². The summed E-state index contributed by atoms with van der Waals surface area (Å²) >= 11 is 0. The molecule has 1 N–H and O–H groups in total. The molecule has 1 unspecified atom stereocenters. The van der Waals surface area contributed by atoms with Gasteiger partial charge in [0.25, 0.3) is 0 Å². The van der Waals surface area contributed by atoms with Crippen LogP contribution in [0.3, 0.4) is 0 Å². The van der Waals surface area contributed by atoms with Crippen molar-refractivity contribution in [3.8, 4) is 0 Å². The van der Waals surface area contributed by atoms with E-state index in [2.05, 4.69) is 0 Å². The molecule has 1 aromatic carbocycles. The van der Waals surface area contributed by atoms with Crippen LogP contribution >= 0.6 is 0 Å². The zero-order valence-corrected chi connectivity index (χ0v) is 17.7. The topological polar surface area (TPSA) is 57.2 Å². The second kappa shape index (κ2) is 17.7. The first kappa shape index (κ1) is 24.7. The van der Waals surface area contributed by atoms with Gasteiger partial charge in [0, 0.05) is 0 Å². The first-order valence-corrected chi connectivity index (χ1v) is 11.6. The summed E-state index contributed by atoms with van der Waals surface area (Å²) < 4.78 is 0. The zero-order valence-electron chi connectivity index (χ0n) is 17.7. The smallest absolute Gasteiger partial charge is 0.306 e. The predicted octanol–water partition coefficient (Wildman–Crippen LogP) is 7.21. The van der Waals surface area contributed by atoms with Crippen LogP contribution in [0.15, 0.2) is 30.3 Å². The molecule has 1 atom stereocenters. The van der Waals surface area contributed by atoms with Gasteiger partial charge in [0.2, 0.25) is 0 Å². The largest absolute Gasteiger partial charge is 0.481 e. The summed E-state index contributed by atoms with van der Waals surface area (Å²) in [7, 11) is 0. The standard InChI is InChI=1S/C25H41O3/c26-21-17-12-10-8-6-4-2-1-3-5-7-9-11-16-20-24(25(27)28)22-23-18-14-13-15-19-23/h13-15,18-19,24H,1-12,16-17,20-22H2,(H,27,28). The second-order valence-electron chi connectivity index (χ2n) is 8.17. The van der Waals surface area contributed by atoms with E-state index in [4.69, 9.17) is 0 Å². The summed E-state index contributed by atoms with van der Waals surface area (Å²) in [5.74, 6) is -0.906. The lowest BCUT2D eigenvalue weighted by Crippen LogP contribution is -2.16. The maximum Gasteiger partial charge on any atom is 0.306 e. The molecule has 0 aliphatic carbocycles. The Hall–Kier alpha value is -1.35. The Kier molecular flexibility index (Phi) is 15.6. The number of hydrogen-bond donors (Lipinski definition) is 1. The summed E-state index contributed by atoms with van der Waals surface area (Å²) in [6.07, 6.45) is 18.6. The van der Waals surface area contributed by atoms with Crippen molar-refractivity contribution in [1.82, 2.24) is 0 Å². The molecule has 3 heteroatoms. The minimum atomic E-state index is -0.658. The third kappa shape index (κ3) is 13.8. The second-order valence-corrected chi connectivity index (χ2v) is 8.17. The maximum atomic E-state index is 11.5. The van der Waals surface area contributed by atoms with Crippen LogP contribution in [0.4, 0.5) is 0 Å². The van der Waals surface area contributed by atoms with E-state index in [1.54, 1.807) is 0 Å². The van der Waals surface area contributed by atoms with Gasteiger partial charge in [-0.1, -0.05) is 114 Å². The molecular formula is C25H41O3. The quantitative estimate of drug-likeness (QED) is 0.254. The van der Waals surface area contributed by atoms with Crippen molar-refractivity contribution >= 4 is 5.97 Å². The number of benzene rings is 1. The third-order valence-corrected chi connectivity index (χ3v) is 5.62. The van der Waals surface area contributed by atoms with E-state index in [-0.39, 0.29) is 12.5 Å². The monoisotopic (exact) mass is 389 g/mol. The molecule has 1 rings (SSSR count). The summed E-state index contributed by atoms with van der Waals surface area (Å²) in [4.78, 5) is 11.5. The van der Waals surface area contributed by atoms with Gasteiger partial charge in [0.15, 0.2) is 0 Å². The predicted molar refractivity (Wildman–Crippen MR) is 116 cm³/mol. The van der Waals surface area contributed by atoms with E-state index in [1.165, 1.54) is 64.2 Å². The fourth-order valence-electron chi connectivity index (χ4n) is 3.83. The van der Waals surface area contributed by atoms with Crippen molar-refractivity contribution in [2.45, 2.75) is 103 Å². The summed E-state index contributed by atoms with van der Waals surface area (Å²) in [6, 6.07) is 9.96. The third-order valence-electron chi connectivity index (χ3n) is 5.62. The summed E-state index contributed by atoms with van der Waals surface area (Å²) in [5.41, 5.74) is 1.12. The molecule has 0 aliphatic rings. The highest BCUT2D eigenvalue weighted by molar-refractivity contribution is 5.70. The molecule has 28 heavy (non-hydrogen) atoms. The molecule has 0 saturated carbocycles. The molecule has 3 nitrogen and oxygen atoms in total. The molecule has 0 spiro atoms. The highest BCUT2D eigenvalue weighted by Crippen LogP contribution is 2.18. The molecule has 0 heterocycles. The first-order chi connectivity index (χ1) is 13.7. The van der Waals surface area contributed by atoms with Gasteiger partial charge in [-0.05, 0) is 24.8 Å². The molecule has 0 fully saturated rings. The molecular weight excluding hydrogens is 348 g/mol. The van der Waals surface area contributed by atoms with Crippen LogP contribution in [0.5, 0.6) is 0 Å². The van der Waals surface area contributed by atoms with Crippen LogP contribution in [0, 0.1) is 5.92 Å². The summed E-state index contributed by atoms with van der Waals surface area (Å²) in [5, 5.41) is 19.8. The molecule has 0 amide bonds.